The number of methoxy groups -OCH3 is 1. The van der Waals surface area contributed by atoms with Gasteiger partial charge in [0.2, 0.25) is 0 Å². The van der Waals surface area contributed by atoms with Crippen molar-refractivity contribution in [1.82, 2.24) is 10.7 Å². The molecule has 112 valence electrons. The second-order valence-electron chi connectivity index (χ2n) is 3.82. The van der Waals surface area contributed by atoms with Crippen molar-refractivity contribution in [3.8, 4) is 5.75 Å². The van der Waals surface area contributed by atoms with E-state index in [0.29, 0.717) is 12.1 Å². The van der Waals surface area contributed by atoms with Gasteiger partial charge in [0.25, 0.3) is 0 Å². The number of hydrazone groups is 1. The Labute approximate surface area is 120 Å². The van der Waals surface area contributed by atoms with E-state index in [0.717, 1.165) is 0 Å². The number of benzene rings is 1. The molecule has 0 saturated heterocycles. The van der Waals surface area contributed by atoms with E-state index < -0.39 is 17.8 Å². The molecule has 0 aliphatic heterocycles. The Kier molecular flexibility index (Phi) is 5.87. The maximum absolute atomic E-state index is 11.2. The first kappa shape index (κ1) is 16.2. The molecule has 0 atom stereocenters. The number of carboxylic acid groups (broad SMARTS) is 1. The van der Waals surface area contributed by atoms with Crippen molar-refractivity contribution in [3.63, 3.8) is 0 Å². The van der Waals surface area contributed by atoms with Gasteiger partial charge in [-0.1, -0.05) is 0 Å². The van der Waals surface area contributed by atoms with Crippen LogP contribution in [0.3, 0.4) is 0 Å². The number of carboxylic acids is 1. The predicted molar refractivity (Wildman–Crippen MR) is 74.4 cm³/mol. The van der Waals surface area contributed by atoms with Crippen molar-refractivity contribution in [2.45, 2.75) is 6.92 Å². The van der Waals surface area contributed by atoms with Crippen LogP contribution in [0.15, 0.2) is 23.3 Å². The van der Waals surface area contributed by atoms with Crippen LogP contribution in [-0.2, 0) is 9.59 Å². The number of nitrogens with zero attached hydrogens (tertiary/aromatic N) is 1. The van der Waals surface area contributed by atoms with Crippen LogP contribution in [0.5, 0.6) is 5.75 Å². The van der Waals surface area contributed by atoms with E-state index in [1.54, 1.807) is 13.0 Å². The first-order valence-corrected chi connectivity index (χ1v) is 6.02. The number of aromatic carboxylic acids is 1. The van der Waals surface area contributed by atoms with Gasteiger partial charge >= 0.3 is 17.8 Å². The summed E-state index contributed by atoms with van der Waals surface area (Å²) < 4.78 is 4.91. The van der Waals surface area contributed by atoms with Crippen molar-refractivity contribution < 1.29 is 24.2 Å². The largest absolute Gasteiger partial charge is 0.496 e. The smallest absolute Gasteiger partial charge is 0.339 e. The molecule has 0 heterocycles. The minimum atomic E-state index is -1.14. The first-order chi connectivity index (χ1) is 9.99. The summed E-state index contributed by atoms with van der Waals surface area (Å²) in [5.74, 6) is -2.63. The van der Waals surface area contributed by atoms with E-state index in [2.05, 4.69) is 10.4 Å². The summed E-state index contributed by atoms with van der Waals surface area (Å²) >= 11 is 0. The number of carbonyl (C=O) groups is 3. The van der Waals surface area contributed by atoms with Crippen molar-refractivity contribution in [1.29, 1.82) is 0 Å². The molecule has 0 unspecified atom stereocenters. The second-order valence-corrected chi connectivity index (χ2v) is 3.82. The molecule has 3 N–H and O–H groups in total. The van der Waals surface area contributed by atoms with Gasteiger partial charge in [0.05, 0.1) is 13.3 Å². The van der Waals surface area contributed by atoms with Crippen LogP contribution in [0.4, 0.5) is 0 Å². The molecule has 0 aliphatic carbocycles. The lowest BCUT2D eigenvalue weighted by Crippen LogP contribution is -2.37. The average molecular weight is 293 g/mol. The highest BCUT2D eigenvalue weighted by atomic mass is 16.5. The number of likely N-dealkylation sites (N-methyl/N-ethyl adjacent to an activating group) is 1. The Morgan fingerprint density at radius 3 is 2.62 bits per heavy atom. The standard InChI is InChI=1S/C13H15N3O5/c1-3-14-11(17)12(18)16-15-7-8-4-5-10(21-2)9(6-8)13(19)20/h4-7H,3H2,1-2H3,(H,14,17)(H,16,18)(H,19,20)/b15-7-. The third-order valence-electron chi connectivity index (χ3n) is 2.38. The summed E-state index contributed by atoms with van der Waals surface area (Å²) in [7, 11) is 1.36. The van der Waals surface area contributed by atoms with E-state index in [1.807, 2.05) is 5.43 Å². The lowest BCUT2D eigenvalue weighted by Gasteiger charge is -2.05. The molecule has 0 bridgehead atoms. The van der Waals surface area contributed by atoms with E-state index in [-0.39, 0.29) is 11.3 Å². The van der Waals surface area contributed by atoms with Crippen molar-refractivity contribution in [2.75, 3.05) is 13.7 Å². The Morgan fingerprint density at radius 1 is 1.33 bits per heavy atom. The lowest BCUT2D eigenvalue weighted by atomic mass is 10.1. The number of hydrogen-bond donors (Lipinski definition) is 3. The van der Waals surface area contributed by atoms with Gasteiger partial charge in [-0.25, -0.2) is 10.2 Å². The van der Waals surface area contributed by atoms with Gasteiger partial charge in [-0.2, -0.15) is 5.10 Å². The zero-order valence-corrected chi connectivity index (χ0v) is 11.5. The fraction of sp³-hybridized carbons (Fsp3) is 0.231. The van der Waals surface area contributed by atoms with Crippen LogP contribution in [0.25, 0.3) is 0 Å². The summed E-state index contributed by atoms with van der Waals surface area (Å²) in [4.78, 5) is 33.4. The molecule has 1 aromatic carbocycles. The summed E-state index contributed by atoms with van der Waals surface area (Å²) in [5, 5.41) is 14.9. The van der Waals surface area contributed by atoms with Crippen LogP contribution in [0.1, 0.15) is 22.8 Å². The number of rotatable bonds is 5. The molecular weight excluding hydrogens is 278 g/mol. The molecule has 0 aromatic heterocycles. The molecule has 0 fully saturated rings. The highest BCUT2D eigenvalue weighted by Gasteiger charge is 2.12. The zero-order chi connectivity index (χ0) is 15.8. The van der Waals surface area contributed by atoms with Crippen LogP contribution in [-0.4, -0.2) is 42.8 Å². The summed E-state index contributed by atoms with van der Waals surface area (Å²) in [6.45, 7) is 2.01. The fourth-order valence-electron chi connectivity index (χ4n) is 1.43. The van der Waals surface area contributed by atoms with Crippen molar-refractivity contribution in [3.05, 3.63) is 29.3 Å². The van der Waals surface area contributed by atoms with Gasteiger partial charge in [-0.05, 0) is 30.7 Å². The van der Waals surface area contributed by atoms with Gasteiger partial charge in [0.15, 0.2) is 0 Å². The molecule has 1 aromatic rings. The Morgan fingerprint density at radius 2 is 2.05 bits per heavy atom. The van der Waals surface area contributed by atoms with Crippen LogP contribution < -0.4 is 15.5 Å². The first-order valence-electron chi connectivity index (χ1n) is 6.02. The number of amides is 2. The minimum Gasteiger partial charge on any atom is -0.496 e. The second kappa shape index (κ2) is 7.63. The molecule has 0 radical (unpaired) electrons. The summed E-state index contributed by atoms with van der Waals surface area (Å²) in [6, 6.07) is 4.37. The molecular formula is C13H15N3O5. The molecule has 8 nitrogen and oxygen atoms in total. The van der Waals surface area contributed by atoms with Gasteiger partial charge < -0.3 is 15.2 Å². The molecule has 1 rings (SSSR count). The molecule has 0 spiro atoms. The fourth-order valence-corrected chi connectivity index (χ4v) is 1.43. The number of nitrogens with one attached hydrogen (secondary N) is 2. The van der Waals surface area contributed by atoms with E-state index in [9.17, 15) is 14.4 Å². The van der Waals surface area contributed by atoms with Gasteiger partial charge in [0.1, 0.15) is 11.3 Å². The Bertz CT molecular complexity index is 583. The predicted octanol–water partition coefficient (Wildman–Crippen LogP) is -0.0204. The van der Waals surface area contributed by atoms with Gasteiger partial charge in [-0.15, -0.1) is 0 Å². The van der Waals surface area contributed by atoms with Crippen molar-refractivity contribution in [2.24, 2.45) is 5.10 Å². The van der Waals surface area contributed by atoms with Gasteiger partial charge in [-0.3, -0.25) is 9.59 Å². The quantitative estimate of drug-likeness (QED) is 0.400. The van der Waals surface area contributed by atoms with Crippen molar-refractivity contribution >= 4 is 24.0 Å². The van der Waals surface area contributed by atoms with E-state index in [1.165, 1.54) is 25.5 Å². The third kappa shape index (κ3) is 4.60. The number of hydrogen-bond acceptors (Lipinski definition) is 5. The highest BCUT2D eigenvalue weighted by Crippen LogP contribution is 2.18. The zero-order valence-electron chi connectivity index (χ0n) is 11.5. The van der Waals surface area contributed by atoms with E-state index in [4.69, 9.17) is 9.84 Å². The molecule has 8 heteroatoms. The minimum absolute atomic E-state index is 0.0310. The lowest BCUT2D eigenvalue weighted by molar-refractivity contribution is -0.139. The molecule has 0 saturated carbocycles. The average Bonchev–Trinajstić information content (AvgIpc) is 2.47. The molecule has 0 aliphatic rings. The molecule has 21 heavy (non-hydrogen) atoms. The van der Waals surface area contributed by atoms with E-state index >= 15 is 0 Å². The number of carbonyl (C=O) groups excluding carboxylic acids is 2. The molecule has 2 amide bonds. The number of ether oxygens (including phenoxy) is 1. The SMILES string of the molecule is CCNC(=O)C(=O)N/N=C\c1ccc(OC)c(C(=O)O)c1. The van der Waals surface area contributed by atoms with Crippen LogP contribution in [0, 0.1) is 0 Å². The highest BCUT2D eigenvalue weighted by molar-refractivity contribution is 6.35. The maximum atomic E-state index is 11.2. The topological polar surface area (TPSA) is 117 Å². The van der Waals surface area contributed by atoms with Gasteiger partial charge in [0, 0.05) is 6.54 Å². The summed E-state index contributed by atoms with van der Waals surface area (Å²) in [5.41, 5.74) is 2.44. The Balaban J connectivity index is 2.77. The maximum Gasteiger partial charge on any atom is 0.339 e. The normalized spacial score (nSPS) is 10.2. The van der Waals surface area contributed by atoms with Crippen LogP contribution >= 0.6 is 0 Å². The monoisotopic (exact) mass is 293 g/mol. The summed E-state index contributed by atoms with van der Waals surface area (Å²) in [6.07, 6.45) is 1.23. The third-order valence-corrected chi connectivity index (χ3v) is 2.38. The van der Waals surface area contributed by atoms with Crippen LogP contribution in [0.2, 0.25) is 0 Å². The Hall–Kier alpha value is -2.90.